The van der Waals surface area contributed by atoms with Crippen LogP contribution in [0.2, 0.25) is 10.0 Å². The summed E-state index contributed by atoms with van der Waals surface area (Å²) < 4.78 is 17.6. The Morgan fingerprint density at radius 2 is 1.81 bits per heavy atom. The number of aryl methyl sites for hydroxylation is 1. The van der Waals surface area contributed by atoms with Gasteiger partial charge in [0, 0.05) is 17.3 Å². The third-order valence-electron chi connectivity index (χ3n) is 5.19. The van der Waals surface area contributed by atoms with Crippen LogP contribution in [0.25, 0.3) is 11.3 Å². The first-order valence-electron chi connectivity index (χ1n) is 9.58. The van der Waals surface area contributed by atoms with Crippen LogP contribution in [-0.2, 0) is 0 Å². The fourth-order valence-electron chi connectivity index (χ4n) is 3.81. The van der Waals surface area contributed by atoms with Gasteiger partial charge in [-0.2, -0.15) is 5.10 Å². The number of rotatable bonds is 3. The Balaban J connectivity index is 1.67. The summed E-state index contributed by atoms with van der Waals surface area (Å²) in [5.74, 6) is 0.934. The molecule has 4 aromatic rings. The van der Waals surface area contributed by atoms with Crippen molar-refractivity contribution in [3.8, 4) is 5.69 Å². The molecule has 156 valence electrons. The Labute approximate surface area is 187 Å². The molecule has 1 N–H and O–H groups in total. The molecule has 2 aromatic carbocycles. The molecule has 3 heterocycles. The number of hydrogen-bond acceptors (Lipinski definition) is 4. The SMILES string of the molecule is CC1=C(c2ncn(-c3ccccc3F)n2)[C@@H](c2ccc(Cl)c(Cl)c2)n2nc(C)cc2N1. The zero-order valence-corrected chi connectivity index (χ0v) is 18.2. The van der Waals surface area contributed by atoms with E-state index in [9.17, 15) is 4.39 Å². The van der Waals surface area contributed by atoms with Crippen LogP contribution in [0.4, 0.5) is 10.2 Å². The van der Waals surface area contributed by atoms with Crippen molar-refractivity contribution < 1.29 is 4.39 Å². The van der Waals surface area contributed by atoms with Crippen molar-refractivity contribution in [3.05, 3.63) is 93.5 Å². The fourth-order valence-corrected chi connectivity index (χ4v) is 4.12. The Bertz CT molecular complexity index is 1340. The second-order valence-electron chi connectivity index (χ2n) is 7.32. The molecule has 6 nitrogen and oxygen atoms in total. The largest absolute Gasteiger partial charge is 0.344 e. The van der Waals surface area contributed by atoms with E-state index in [0.717, 1.165) is 28.3 Å². The van der Waals surface area contributed by atoms with Gasteiger partial charge in [-0.3, -0.25) is 0 Å². The summed E-state index contributed by atoms with van der Waals surface area (Å²) >= 11 is 12.5. The third kappa shape index (κ3) is 3.40. The second kappa shape index (κ2) is 7.51. The monoisotopic (exact) mass is 454 g/mol. The molecule has 0 saturated heterocycles. The second-order valence-corrected chi connectivity index (χ2v) is 8.13. The maximum atomic E-state index is 14.3. The molecule has 5 rings (SSSR count). The Morgan fingerprint density at radius 1 is 1.00 bits per heavy atom. The van der Waals surface area contributed by atoms with Crippen LogP contribution in [0, 0.1) is 12.7 Å². The van der Waals surface area contributed by atoms with Crippen LogP contribution in [0.3, 0.4) is 0 Å². The van der Waals surface area contributed by atoms with Gasteiger partial charge in [-0.25, -0.2) is 18.7 Å². The number of benzene rings is 2. The van der Waals surface area contributed by atoms with Crippen LogP contribution < -0.4 is 5.32 Å². The standard InChI is InChI=1S/C22H17Cl2FN6/c1-12-9-19-27-13(2)20(21(31(19)28-12)14-7-8-15(23)16(24)10-14)22-26-11-30(29-22)18-6-4-3-5-17(18)25/h3-11,21,27H,1-2H3/t21-/m1/s1. The lowest BCUT2D eigenvalue weighted by atomic mass is 9.95. The highest BCUT2D eigenvalue weighted by atomic mass is 35.5. The van der Waals surface area contributed by atoms with Crippen molar-refractivity contribution in [1.29, 1.82) is 0 Å². The topological polar surface area (TPSA) is 60.6 Å². The van der Waals surface area contributed by atoms with Crippen LogP contribution in [0.1, 0.15) is 30.0 Å². The summed E-state index contributed by atoms with van der Waals surface area (Å²) in [7, 11) is 0. The van der Waals surface area contributed by atoms with Gasteiger partial charge < -0.3 is 5.32 Å². The first kappa shape index (κ1) is 19.8. The van der Waals surface area contributed by atoms with Crippen LogP contribution in [0.15, 0.2) is 60.6 Å². The van der Waals surface area contributed by atoms with E-state index in [1.165, 1.54) is 17.1 Å². The first-order valence-corrected chi connectivity index (χ1v) is 10.3. The maximum Gasteiger partial charge on any atom is 0.181 e. The molecule has 1 atom stereocenters. The number of allylic oxidation sites excluding steroid dienone is 2. The summed E-state index contributed by atoms with van der Waals surface area (Å²) in [6, 6.07) is 13.6. The lowest BCUT2D eigenvalue weighted by molar-refractivity contribution is 0.605. The van der Waals surface area contributed by atoms with Gasteiger partial charge in [0.1, 0.15) is 29.7 Å². The molecule has 1 aliphatic heterocycles. The quantitative estimate of drug-likeness (QED) is 0.433. The predicted octanol–water partition coefficient (Wildman–Crippen LogP) is 5.66. The molecule has 0 fully saturated rings. The van der Waals surface area contributed by atoms with E-state index in [-0.39, 0.29) is 11.9 Å². The van der Waals surface area contributed by atoms with Gasteiger partial charge in [-0.15, -0.1) is 5.10 Å². The van der Waals surface area contributed by atoms with Crippen LogP contribution >= 0.6 is 23.2 Å². The van der Waals surface area contributed by atoms with Gasteiger partial charge in [0.2, 0.25) is 0 Å². The minimum Gasteiger partial charge on any atom is -0.344 e. The number of anilines is 1. The smallest absolute Gasteiger partial charge is 0.181 e. The molecule has 0 radical (unpaired) electrons. The highest BCUT2D eigenvalue weighted by Crippen LogP contribution is 2.41. The van der Waals surface area contributed by atoms with Crippen molar-refractivity contribution in [1.82, 2.24) is 24.5 Å². The minimum atomic E-state index is -0.377. The number of fused-ring (bicyclic) bond motifs is 1. The van der Waals surface area contributed by atoms with Crippen LogP contribution in [0.5, 0.6) is 0 Å². The average Bonchev–Trinajstić information content (AvgIpc) is 3.35. The van der Waals surface area contributed by atoms with E-state index in [4.69, 9.17) is 23.2 Å². The number of para-hydroxylation sites is 1. The van der Waals surface area contributed by atoms with Gasteiger partial charge in [0.05, 0.1) is 15.7 Å². The summed E-state index contributed by atoms with van der Waals surface area (Å²) in [5, 5.41) is 13.5. The number of nitrogens with zero attached hydrogens (tertiary/aromatic N) is 5. The van der Waals surface area contributed by atoms with Gasteiger partial charge in [-0.05, 0) is 43.7 Å². The van der Waals surface area contributed by atoms with Crippen molar-refractivity contribution >= 4 is 34.6 Å². The van der Waals surface area contributed by atoms with Crippen molar-refractivity contribution in [2.24, 2.45) is 0 Å². The molecule has 0 bridgehead atoms. The molecule has 0 saturated carbocycles. The summed E-state index contributed by atoms with van der Waals surface area (Å²) in [5.41, 5.74) is 3.76. The van der Waals surface area contributed by atoms with Gasteiger partial charge in [0.15, 0.2) is 5.82 Å². The normalized spacial score (nSPS) is 15.7. The highest BCUT2D eigenvalue weighted by molar-refractivity contribution is 6.42. The number of aromatic nitrogens is 5. The minimum absolute atomic E-state index is 0.324. The average molecular weight is 455 g/mol. The first-order chi connectivity index (χ1) is 14.9. The fraction of sp³-hybridized carbons (Fsp3) is 0.136. The molecular formula is C22H17Cl2FN6. The number of hydrogen-bond donors (Lipinski definition) is 1. The predicted molar refractivity (Wildman–Crippen MR) is 119 cm³/mol. The van der Waals surface area contributed by atoms with E-state index >= 15 is 0 Å². The van der Waals surface area contributed by atoms with Gasteiger partial charge in [0.25, 0.3) is 0 Å². The summed E-state index contributed by atoms with van der Waals surface area (Å²) in [6.45, 7) is 3.88. The molecule has 1 aliphatic rings. The van der Waals surface area contributed by atoms with Gasteiger partial charge >= 0.3 is 0 Å². The van der Waals surface area contributed by atoms with Crippen molar-refractivity contribution in [2.75, 3.05) is 5.32 Å². The highest BCUT2D eigenvalue weighted by Gasteiger charge is 2.32. The summed E-state index contributed by atoms with van der Waals surface area (Å²) in [4.78, 5) is 4.49. The molecule has 0 unspecified atom stereocenters. The van der Waals surface area contributed by atoms with E-state index in [1.807, 2.05) is 36.7 Å². The van der Waals surface area contributed by atoms with E-state index in [2.05, 4.69) is 20.5 Å². The zero-order chi connectivity index (χ0) is 21.7. The summed E-state index contributed by atoms with van der Waals surface area (Å²) in [6.07, 6.45) is 1.50. The van der Waals surface area contributed by atoms with E-state index < -0.39 is 0 Å². The number of nitrogens with one attached hydrogen (secondary N) is 1. The molecule has 9 heteroatoms. The molecule has 31 heavy (non-hydrogen) atoms. The van der Waals surface area contributed by atoms with Crippen molar-refractivity contribution in [2.45, 2.75) is 19.9 Å². The van der Waals surface area contributed by atoms with E-state index in [0.29, 0.717) is 21.6 Å². The lowest BCUT2D eigenvalue weighted by Crippen LogP contribution is -2.24. The van der Waals surface area contributed by atoms with Crippen molar-refractivity contribution in [3.63, 3.8) is 0 Å². The maximum absolute atomic E-state index is 14.3. The van der Waals surface area contributed by atoms with E-state index in [1.54, 1.807) is 24.3 Å². The lowest BCUT2D eigenvalue weighted by Gasteiger charge is -2.29. The molecule has 2 aromatic heterocycles. The van der Waals surface area contributed by atoms with Crippen LogP contribution in [-0.4, -0.2) is 24.5 Å². The Hall–Kier alpha value is -3.16. The van der Waals surface area contributed by atoms with Gasteiger partial charge in [-0.1, -0.05) is 41.4 Å². The third-order valence-corrected chi connectivity index (χ3v) is 5.93. The number of halogens is 3. The Morgan fingerprint density at radius 3 is 2.58 bits per heavy atom. The molecule has 0 amide bonds. The zero-order valence-electron chi connectivity index (χ0n) is 16.6. The molecular weight excluding hydrogens is 438 g/mol. The molecule has 0 spiro atoms. The Kier molecular flexibility index (Phi) is 4.79. The molecule has 0 aliphatic carbocycles.